The van der Waals surface area contributed by atoms with Gasteiger partial charge in [-0.3, -0.25) is 0 Å². The second kappa shape index (κ2) is 15.0. The van der Waals surface area contributed by atoms with Gasteiger partial charge in [-0.15, -0.1) is 0 Å². The minimum atomic E-state index is -1.19. The summed E-state index contributed by atoms with van der Waals surface area (Å²) in [6, 6.07) is 1.06. The first-order chi connectivity index (χ1) is 14.4. The molecule has 0 radical (unpaired) electrons. The Kier molecular flexibility index (Phi) is 13.0. The van der Waals surface area contributed by atoms with Crippen LogP contribution in [0, 0.1) is 0 Å². The lowest BCUT2D eigenvalue weighted by molar-refractivity contribution is 0.0693. The fourth-order valence-electron chi connectivity index (χ4n) is 4.20. The van der Waals surface area contributed by atoms with Crippen LogP contribution in [0.5, 0.6) is 17.2 Å². The van der Waals surface area contributed by atoms with E-state index in [-0.39, 0.29) is 17.0 Å². The first-order valence-corrected chi connectivity index (χ1v) is 11.9. The van der Waals surface area contributed by atoms with Gasteiger partial charge in [0.05, 0.1) is 5.56 Å². The van der Waals surface area contributed by atoms with E-state index in [0.717, 1.165) is 51.0 Å². The molecule has 4 N–H and O–H groups in total. The minimum Gasteiger partial charge on any atom is -0.504 e. The fourth-order valence-corrected chi connectivity index (χ4v) is 4.20. The van der Waals surface area contributed by atoms with E-state index in [1.54, 1.807) is 0 Å². The van der Waals surface area contributed by atoms with E-state index >= 15 is 0 Å². The molecule has 0 bridgehead atoms. The van der Waals surface area contributed by atoms with Crippen molar-refractivity contribution in [2.24, 2.45) is 0 Å². The Hall–Kier alpha value is -1.91. The fraction of sp³-hybridized carbons (Fsp3) is 0.720. The van der Waals surface area contributed by atoms with Gasteiger partial charge in [-0.2, -0.15) is 0 Å². The second-order valence-corrected chi connectivity index (χ2v) is 8.52. The molecule has 0 heterocycles. The predicted molar refractivity (Wildman–Crippen MR) is 122 cm³/mol. The Morgan fingerprint density at radius 3 is 1.60 bits per heavy atom. The van der Waals surface area contributed by atoms with Crippen LogP contribution in [0.4, 0.5) is 0 Å². The maximum atomic E-state index is 11.8. The van der Waals surface area contributed by atoms with Gasteiger partial charge < -0.3 is 20.4 Å². The van der Waals surface area contributed by atoms with Gasteiger partial charge in [0.25, 0.3) is 0 Å². The molecule has 30 heavy (non-hydrogen) atoms. The highest BCUT2D eigenvalue weighted by Gasteiger charge is 2.27. The summed E-state index contributed by atoms with van der Waals surface area (Å²) >= 11 is 0. The van der Waals surface area contributed by atoms with Gasteiger partial charge in [-0.25, -0.2) is 4.79 Å². The molecule has 1 aromatic rings. The molecule has 1 rings (SSSR count). The van der Waals surface area contributed by atoms with Crippen molar-refractivity contribution in [3.8, 4) is 17.2 Å². The molecule has 0 aliphatic heterocycles. The zero-order valence-electron chi connectivity index (χ0n) is 19.0. The van der Waals surface area contributed by atoms with Gasteiger partial charge in [0.1, 0.15) is 0 Å². The number of unbranched alkanes of at least 4 members (excludes halogenated alkanes) is 11. The number of carbonyl (C=O) groups is 1. The summed E-state index contributed by atoms with van der Waals surface area (Å²) in [5.41, 5.74) is 0.166. The van der Waals surface area contributed by atoms with Crippen LogP contribution in [0.25, 0.3) is 0 Å². The summed E-state index contributed by atoms with van der Waals surface area (Å²) in [5, 5.41) is 39.9. The van der Waals surface area contributed by atoms with Crippen molar-refractivity contribution in [1.29, 1.82) is 0 Å². The molecule has 5 heteroatoms. The molecule has 1 unspecified atom stereocenters. The van der Waals surface area contributed by atoms with E-state index in [2.05, 4.69) is 13.8 Å². The SMILES string of the molecule is CCCCCCCCCC(CCCCCCCC)c1c(C(=O)O)cc(O)c(O)c1O. The molecule has 172 valence electrons. The van der Waals surface area contributed by atoms with Crippen LogP contribution >= 0.6 is 0 Å². The Labute approximate surface area is 182 Å². The number of hydrogen-bond acceptors (Lipinski definition) is 4. The van der Waals surface area contributed by atoms with Crippen LogP contribution in [0.1, 0.15) is 132 Å². The third kappa shape index (κ3) is 8.85. The monoisotopic (exact) mass is 422 g/mol. The summed E-state index contributed by atoms with van der Waals surface area (Å²) in [6.45, 7) is 4.39. The highest BCUT2D eigenvalue weighted by Crippen LogP contribution is 2.45. The van der Waals surface area contributed by atoms with Gasteiger partial charge >= 0.3 is 5.97 Å². The number of hydrogen-bond donors (Lipinski definition) is 4. The molecule has 0 aliphatic carbocycles. The van der Waals surface area contributed by atoms with Crippen molar-refractivity contribution >= 4 is 5.97 Å². The maximum Gasteiger partial charge on any atom is 0.336 e. The van der Waals surface area contributed by atoms with Gasteiger partial charge in [0.2, 0.25) is 5.75 Å². The standard InChI is InChI=1S/C25H42O5/c1-3-5-7-9-11-13-15-17-19(16-14-12-10-8-6-4-2)22-20(25(29)30)18-21(26)23(27)24(22)28/h18-19,26-28H,3-17H2,1-2H3,(H,29,30). The quantitative estimate of drug-likeness (QED) is 0.154. The number of rotatable bonds is 17. The maximum absolute atomic E-state index is 11.8. The molecule has 0 saturated carbocycles. The highest BCUT2D eigenvalue weighted by molar-refractivity contribution is 5.92. The molecular formula is C25H42O5. The van der Waals surface area contributed by atoms with Crippen LogP contribution in [0.2, 0.25) is 0 Å². The molecule has 0 amide bonds. The van der Waals surface area contributed by atoms with Crippen LogP contribution in [0.15, 0.2) is 6.07 Å². The molecule has 0 saturated heterocycles. The van der Waals surface area contributed by atoms with Crippen LogP contribution in [-0.4, -0.2) is 26.4 Å². The van der Waals surface area contributed by atoms with E-state index in [4.69, 9.17) is 0 Å². The first-order valence-electron chi connectivity index (χ1n) is 11.9. The lowest BCUT2D eigenvalue weighted by Gasteiger charge is -2.22. The molecule has 1 aromatic carbocycles. The molecule has 0 spiro atoms. The molecule has 0 aromatic heterocycles. The number of aromatic carboxylic acids is 1. The van der Waals surface area contributed by atoms with E-state index in [9.17, 15) is 25.2 Å². The number of carboxylic acid groups (broad SMARTS) is 1. The summed E-state index contributed by atoms with van der Waals surface area (Å²) in [5.74, 6) is -3.02. The van der Waals surface area contributed by atoms with Crippen molar-refractivity contribution < 1.29 is 25.2 Å². The second-order valence-electron chi connectivity index (χ2n) is 8.52. The van der Waals surface area contributed by atoms with Crippen LogP contribution in [0.3, 0.4) is 0 Å². The van der Waals surface area contributed by atoms with E-state index in [1.165, 1.54) is 51.4 Å². The van der Waals surface area contributed by atoms with Crippen molar-refractivity contribution in [2.75, 3.05) is 0 Å². The number of aromatic hydroxyl groups is 3. The first kappa shape index (κ1) is 26.1. The number of carboxylic acids is 1. The zero-order chi connectivity index (χ0) is 22.4. The number of phenolic OH excluding ortho intramolecular Hbond substituents is 3. The predicted octanol–water partition coefficient (Wildman–Crippen LogP) is 7.48. The van der Waals surface area contributed by atoms with E-state index in [1.807, 2.05) is 0 Å². The summed E-state index contributed by atoms with van der Waals surface area (Å²) in [4.78, 5) is 11.8. The Morgan fingerprint density at radius 2 is 1.17 bits per heavy atom. The summed E-state index contributed by atoms with van der Waals surface area (Å²) < 4.78 is 0. The number of benzene rings is 1. The lowest BCUT2D eigenvalue weighted by Crippen LogP contribution is -2.09. The van der Waals surface area contributed by atoms with Gasteiger partial charge in [0.15, 0.2) is 11.5 Å². The average Bonchev–Trinajstić information content (AvgIpc) is 2.72. The zero-order valence-corrected chi connectivity index (χ0v) is 19.0. The van der Waals surface area contributed by atoms with Crippen molar-refractivity contribution in [2.45, 2.75) is 116 Å². The molecule has 5 nitrogen and oxygen atoms in total. The smallest absolute Gasteiger partial charge is 0.336 e. The lowest BCUT2D eigenvalue weighted by atomic mass is 9.84. The number of phenols is 3. The van der Waals surface area contributed by atoms with Crippen molar-refractivity contribution in [3.63, 3.8) is 0 Å². The van der Waals surface area contributed by atoms with E-state index in [0.29, 0.717) is 0 Å². The van der Waals surface area contributed by atoms with Gasteiger partial charge in [0, 0.05) is 5.56 Å². The van der Waals surface area contributed by atoms with Crippen molar-refractivity contribution in [1.82, 2.24) is 0 Å². The van der Waals surface area contributed by atoms with Crippen molar-refractivity contribution in [3.05, 3.63) is 17.2 Å². The third-order valence-electron chi connectivity index (χ3n) is 5.99. The summed E-state index contributed by atoms with van der Waals surface area (Å²) in [7, 11) is 0. The Balaban J connectivity index is 2.84. The average molecular weight is 423 g/mol. The molecule has 0 aliphatic rings. The summed E-state index contributed by atoms with van der Waals surface area (Å²) in [6.07, 6.45) is 16.6. The normalized spacial score (nSPS) is 12.2. The minimum absolute atomic E-state index is 0.110. The molecule has 1 atom stereocenters. The van der Waals surface area contributed by atoms with Crippen LogP contribution in [-0.2, 0) is 0 Å². The highest BCUT2D eigenvalue weighted by atomic mass is 16.4. The van der Waals surface area contributed by atoms with Crippen LogP contribution < -0.4 is 0 Å². The topological polar surface area (TPSA) is 98.0 Å². The van der Waals surface area contributed by atoms with Gasteiger partial charge in [-0.05, 0) is 24.8 Å². The largest absolute Gasteiger partial charge is 0.504 e. The third-order valence-corrected chi connectivity index (χ3v) is 5.99. The molecular weight excluding hydrogens is 380 g/mol. The molecule has 0 fully saturated rings. The van der Waals surface area contributed by atoms with Gasteiger partial charge in [-0.1, -0.05) is 97.3 Å². The Bertz CT molecular complexity index is 626. The Morgan fingerprint density at radius 1 is 0.733 bits per heavy atom. The van der Waals surface area contributed by atoms with E-state index < -0.39 is 23.2 Å².